The Kier molecular flexibility index (Phi) is 13.8. The number of nitrogens with zero attached hydrogens (tertiary/aromatic N) is 7. The van der Waals surface area contributed by atoms with Crippen molar-refractivity contribution in [3.63, 3.8) is 0 Å². The van der Waals surface area contributed by atoms with Crippen LogP contribution in [0.2, 0.25) is 0 Å². The molecule has 2 aromatic carbocycles. The number of aliphatic imine (C=N–C) groups is 2. The summed E-state index contributed by atoms with van der Waals surface area (Å²) in [6, 6.07) is 16.6. The number of aliphatic hydroxyl groups is 3. The first kappa shape index (κ1) is 49.1. The number of ether oxygens (including phenoxy) is 4. The third kappa shape index (κ3) is 9.42. The quantitative estimate of drug-likeness (QED) is 0.0932. The van der Waals surface area contributed by atoms with Crippen LogP contribution in [0.15, 0.2) is 88.5 Å². The van der Waals surface area contributed by atoms with E-state index in [4.69, 9.17) is 48.5 Å². The van der Waals surface area contributed by atoms with Crippen molar-refractivity contribution in [3.8, 4) is 11.5 Å². The summed E-state index contributed by atoms with van der Waals surface area (Å²) in [5.74, 6) is 1.31. The van der Waals surface area contributed by atoms with Crippen LogP contribution in [0, 0.1) is 0 Å². The van der Waals surface area contributed by atoms with Crippen LogP contribution in [0.25, 0.3) is 0 Å². The number of hydrogen-bond donors (Lipinski definition) is 8. The van der Waals surface area contributed by atoms with Gasteiger partial charge in [0.1, 0.15) is 58.9 Å². The zero-order chi connectivity index (χ0) is 48.9. The van der Waals surface area contributed by atoms with Gasteiger partial charge in [0, 0.05) is 32.8 Å². The third-order valence-electron chi connectivity index (χ3n) is 12.5. The average molecular weight is 1010 g/mol. The maximum atomic E-state index is 16.6. The molecule has 6 aliphatic heterocycles. The standard InChI is InChI=1S/C41H57FN12O13P2/c1-5-61-35-29-33(48-39(44)50-35)53(22-46-29)36-40(2,42)30(55)26(64-36)20-62-68(58,66-24-12-8-6-9-13-24)51-16-18-52(19-17-51)69(59,67-25-14-10-7-11-15-25)63-21-27-31(56)41(3,57)37(65-27)54-23-45-28-32(54)47-38(43)49-34(28)60-4/h6-15,23,26-27,30-31,35-38,46-47,55-57H,5,16-22,43H2,1-4H3,(H3,44,48,50)/t26-,27-,30-,31-,35?,36-,37-,38?,40-,41-,68?,69?/m1/s1. The number of aromatic nitrogens is 2. The fourth-order valence-electron chi connectivity index (χ4n) is 8.84. The lowest BCUT2D eigenvalue weighted by Crippen LogP contribution is -2.52. The van der Waals surface area contributed by atoms with Crippen LogP contribution >= 0.6 is 15.5 Å². The van der Waals surface area contributed by atoms with Crippen molar-refractivity contribution in [1.29, 1.82) is 0 Å². The molecule has 0 saturated carbocycles. The highest BCUT2D eigenvalue weighted by molar-refractivity contribution is 7.52. The SMILES string of the molecule is CCOC1N=C(N)NC2=C1NCN2[C@@H]1O[C@H](COP(=O)(Oc2ccccc2)N2CCN(P(=O)(OC[C@H]3O[C@@H](n4cnc5c4NC(N)N=C5OC)[C@](C)(O)[C@@H]3O)Oc3ccccc3)CC2)[C@@H](O)[C@@]1(C)F. The van der Waals surface area contributed by atoms with E-state index in [1.807, 2.05) is 0 Å². The number of nitrogens with one attached hydrogen (secondary N) is 3. The van der Waals surface area contributed by atoms with E-state index in [1.165, 1.54) is 46.1 Å². The van der Waals surface area contributed by atoms with Gasteiger partial charge >= 0.3 is 15.5 Å². The van der Waals surface area contributed by atoms with Gasteiger partial charge in [0.05, 0.1) is 33.3 Å². The van der Waals surface area contributed by atoms with Crippen molar-refractivity contribution in [1.82, 2.24) is 34.4 Å². The van der Waals surface area contributed by atoms with Gasteiger partial charge in [0.15, 0.2) is 42.3 Å². The largest absolute Gasteiger partial charge is 0.480 e. The van der Waals surface area contributed by atoms with Gasteiger partial charge in [-0.2, -0.15) is 9.34 Å². The number of aliphatic hydroxyl groups excluding tert-OH is 2. The molecule has 0 bridgehead atoms. The Balaban J connectivity index is 0.903. The van der Waals surface area contributed by atoms with Gasteiger partial charge in [0.25, 0.3) is 0 Å². The summed E-state index contributed by atoms with van der Waals surface area (Å²) < 4.78 is 98.9. The van der Waals surface area contributed by atoms with Crippen LogP contribution < -0.4 is 36.5 Å². The summed E-state index contributed by atoms with van der Waals surface area (Å²) in [5, 5.41) is 43.5. The molecule has 28 heteroatoms. The smallest absolute Gasteiger partial charge is 0.461 e. The third-order valence-corrected chi connectivity index (χ3v) is 16.5. The van der Waals surface area contributed by atoms with Crippen LogP contribution in [-0.2, 0) is 37.1 Å². The molecule has 7 heterocycles. The topological polar surface area (TPSA) is 309 Å². The summed E-state index contributed by atoms with van der Waals surface area (Å²) >= 11 is 0. The Morgan fingerprint density at radius 2 is 1.45 bits per heavy atom. The first-order chi connectivity index (χ1) is 33.0. The number of benzene rings is 2. The molecule has 0 amide bonds. The molecule has 9 rings (SSSR count). The van der Waals surface area contributed by atoms with Gasteiger partial charge in [0.2, 0.25) is 5.90 Å². The summed E-state index contributed by atoms with van der Waals surface area (Å²) in [4.78, 5) is 14.3. The second-order valence-electron chi connectivity index (χ2n) is 17.2. The molecule has 3 fully saturated rings. The van der Waals surface area contributed by atoms with E-state index in [1.54, 1.807) is 67.6 Å². The number of methoxy groups -OCH3 is 1. The number of rotatable bonds is 16. The number of halogens is 1. The summed E-state index contributed by atoms with van der Waals surface area (Å²) in [5.41, 5.74) is 8.62. The number of guanidine groups is 1. The minimum absolute atomic E-state index is 0.0458. The number of hydrogen-bond acceptors (Lipinski definition) is 22. The van der Waals surface area contributed by atoms with Gasteiger partial charge in [-0.15, -0.1) is 0 Å². The van der Waals surface area contributed by atoms with Crippen LogP contribution in [0.4, 0.5) is 10.2 Å². The van der Waals surface area contributed by atoms with Crippen molar-refractivity contribution < 1.29 is 65.9 Å². The molecule has 6 aliphatic rings. The van der Waals surface area contributed by atoms with E-state index in [0.29, 0.717) is 29.6 Å². The number of alkyl halides is 1. The number of nitrogens with two attached hydrogens (primary N) is 2. The zero-order valence-corrected chi connectivity index (χ0v) is 39.9. The molecular formula is C41H57FN12O13P2. The van der Waals surface area contributed by atoms with Gasteiger partial charge in [-0.25, -0.2) is 28.5 Å². The lowest BCUT2D eigenvalue weighted by molar-refractivity contribution is -0.0956. The normalized spacial score (nSPS) is 33.2. The minimum atomic E-state index is -4.37. The molecule has 1 aromatic heterocycles. The number of imidazole rings is 1. The molecule has 25 nitrogen and oxygen atoms in total. The molecule has 3 saturated heterocycles. The van der Waals surface area contributed by atoms with Crippen molar-refractivity contribution in [3.05, 3.63) is 84.2 Å². The highest BCUT2D eigenvalue weighted by Crippen LogP contribution is 2.57. The van der Waals surface area contributed by atoms with Crippen LogP contribution in [0.3, 0.4) is 0 Å². The molecule has 69 heavy (non-hydrogen) atoms. The Hall–Kier alpha value is -4.92. The zero-order valence-electron chi connectivity index (χ0n) is 38.1. The van der Waals surface area contributed by atoms with E-state index in [0.717, 1.165) is 0 Å². The molecule has 0 radical (unpaired) electrons. The van der Waals surface area contributed by atoms with E-state index < -0.39 is 89.4 Å². The first-order valence-electron chi connectivity index (χ1n) is 22.2. The van der Waals surface area contributed by atoms with E-state index >= 15 is 13.5 Å². The predicted octanol–water partition coefficient (Wildman–Crippen LogP) is 1.10. The Labute approximate surface area is 396 Å². The molecule has 10 N–H and O–H groups in total. The molecule has 376 valence electrons. The Bertz CT molecular complexity index is 2520. The maximum absolute atomic E-state index is 16.6. The molecule has 0 aliphatic carbocycles. The fraction of sp³-hybridized carbons (Fsp3) is 0.537. The predicted molar refractivity (Wildman–Crippen MR) is 244 cm³/mol. The lowest BCUT2D eigenvalue weighted by Gasteiger charge is -2.39. The summed E-state index contributed by atoms with van der Waals surface area (Å²) in [6.45, 7) is 3.40. The monoisotopic (exact) mass is 1010 g/mol. The fourth-order valence-corrected chi connectivity index (χ4v) is 12.3. The van der Waals surface area contributed by atoms with Crippen molar-refractivity contribution >= 4 is 33.2 Å². The van der Waals surface area contributed by atoms with E-state index in [-0.39, 0.29) is 56.2 Å². The number of para-hydroxylation sites is 2. The van der Waals surface area contributed by atoms with Crippen molar-refractivity contribution in [2.75, 3.05) is 65.1 Å². The highest BCUT2D eigenvalue weighted by Gasteiger charge is 2.59. The molecule has 4 unspecified atom stereocenters. The summed E-state index contributed by atoms with van der Waals surface area (Å²) in [6.07, 6.45) is -8.76. The maximum Gasteiger partial charge on any atom is 0.461 e. The number of piperazine rings is 1. The molecule has 12 atom stereocenters. The van der Waals surface area contributed by atoms with E-state index in [2.05, 4.69) is 30.9 Å². The Morgan fingerprint density at radius 1 is 0.884 bits per heavy atom. The Morgan fingerprint density at radius 3 is 2.01 bits per heavy atom. The number of fused-ring (bicyclic) bond motifs is 1. The van der Waals surface area contributed by atoms with Crippen molar-refractivity contribution in [2.45, 2.75) is 81.4 Å². The van der Waals surface area contributed by atoms with Gasteiger partial charge in [-0.3, -0.25) is 19.3 Å². The first-order valence-corrected chi connectivity index (χ1v) is 25.2. The van der Waals surface area contributed by atoms with Gasteiger partial charge in [-0.1, -0.05) is 36.4 Å². The highest BCUT2D eigenvalue weighted by atomic mass is 31.2. The van der Waals surface area contributed by atoms with Gasteiger partial charge in [-0.05, 0) is 45.0 Å². The summed E-state index contributed by atoms with van der Waals surface area (Å²) in [7, 11) is -7.31. The van der Waals surface area contributed by atoms with Crippen molar-refractivity contribution in [2.24, 2.45) is 21.5 Å². The second kappa shape index (κ2) is 19.4. The average Bonchev–Trinajstić information content (AvgIpc) is 4.06. The van der Waals surface area contributed by atoms with Crippen LogP contribution in [-0.4, -0.2) is 165 Å². The molecule has 0 spiro atoms. The second-order valence-corrected chi connectivity index (χ2v) is 21.0. The molecule has 3 aromatic rings. The van der Waals surface area contributed by atoms with Crippen LogP contribution in [0.5, 0.6) is 11.5 Å². The number of anilines is 1. The molecular weight excluding hydrogens is 949 g/mol. The van der Waals surface area contributed by atoms with Gasteiger partial charge < -0.3 is 69.9 Å². The lowest BCUT2D eigenvalue weighted by atomic mass is 9.96. The minimum Gasteiger partial charge on any atom is -0.480 e. The van der Waals surface area contributed by atoms with Crippen LogP contribution in [0.1, 0.15) is 32.7 Å². The van der Waals surface area contributed by atoms with E-state index in [9.17, 15) is 15.3 Å².